The number of benzene rings is 1. The van der Waals surface area contributed by atoms with Gasteiger partial charge in [0.2, 0.25) is 5.91 Å². The average molecular weight is 334 g/mol. The van der Waals surface area contributed by atoms with Crippen LogP contribution in [0.5, 0.6) is 0 Å². The van der Waals surface area contributed by atoms with E-state index in [1.54, 1.807) is 12.1 Å². The highest BCUT2D eigenvalue weighted by Crippen LogP contribution is 2.32. The van der Waals surface area contributed by atoms with Gasteiger partial charge in [-0.25, -0.2) is 9.97 Å². The molecule has 0 fully saturated rings. The molecule has 0 aliphatic rings. The molecule has 2 aromatic heterocycles. The Morgan fingerprint density at radius 2 is 2.20 bits per heavy atom. The van der Waals surface area contributed by atoms with E-state index in [1.165, 1.54) is 6.33 Å². The molecule has 7 nitrogen and oxygen atoms in total. The molecule has 1 aromatic carbocycles. The van der Waals surface area contributed by atoms with Crippen molar-refractivity contribution in [3.05, 3.63) is 42.4 Å². The van der Waals surface area contributed by atoms with Crippen molar-refractivity contribution >= 4 is 22.8 Å². The average Bonchev–Trinajstić information content (AvgIpc) is 3.05. The summed E-state index contributed by atoms with van der Waals surface area (Å²) in [5.41, 5.74) is 2.91. The summed E-state index contributed by atoms with van der Waals surface area (Å²) >= 11 is 0. The summed E-state index contributed by atoms with van der Waals surface area (Å²) < 4.78 is 0. The third-order valence-electron chi connectivity index (χ3n) is 3.82. The van der Waals surface area contributed by atoms with Crippen LogP contribution >= 0.6 is 0 Å². The normalized spacial score (nSPS) is 10.8. The maximum atomic E-state index is 12.2. The zero-order valence-electron chi connectivity index (χ0n) is 14.1. The topological polar surface area (TPSA) is 97.7 Å². The predicted octanol–water partition coefficient (Wildman–Crippen LogP) is 2.39. The molecule has 0 saturated carbocycles. The first kappa shape index (κ1) is 16.6. The molecule has 0 aliphatic carbocycles. The number of anilines is 1. The van der Waals surface area contributed by atoms with E-state index in [0.29, 0.717) is 30.0 Å². The summed E-state index contributed by atoms with van der Waals surface area (Å²) in [6.45, 7) is 0.657. The van der Waals surface area contributed by atoms with Gasteiger partial charge in [-0.15, -0.1) is 0 Å². The van der Waals surface area contributed by atoms with Gasteiger partial charge in [0.15, 0.2) is 0 Å². The van der Waals surface area contributed by atoms with Crippen molar-refractivity contribution in [1.29, 1.82) is 5.26 Å². The molecule has 0 spiro atoms. The lowest BCUT2D eigenvalue weighted by molar-refractivity contribution is -0.116. The van der Waals surface area contributed by atoms with Crippen LogP contribution in [0.15, 0.2) is 36.8 Å². The number of nitrogens with zero attached hydrogens (tertiary/aromatic N) is 4. The minimum absolute atomic E-state index is 0.105. The van der Waals surface area contributed by atoms with E-state index < -0.39 is 0 Å². The molecule has 0 atom stereocenters. The zero-order valence-corrected chi connectivity index (χ0v) is 14.1. The van der Waals surface area contributed by atoms with E-state index in [1.807, 2.05) is 37.3 Å². The number of fused-ring (bicyclic) bond motifs is 1. The SMILES string of the molecule is CN(C)CCC(=O)Nc1ncnc2[nH]cc(-c3cccc(C#N)c3)c12. The maximum Gasteiger partial charge on any atom is 0.226 e. The highest BCUT2D eigenvalue weighted by Gasteiger charge is 2.15. The molecule has 126 valence electrons. The third-order valence-corrected chi connectivity index (χ3v) is 3.82. The quantitative estimate of drug-likeness (QED) is 0.746. The highest BCUT2D eigenvalue weighted by atomic mass is 16.1. The Morgan fingerprint density at radius 1 is 1.36 bits per heavy atom. The smallest absolute Gasteiger partial charge is 0.226 e. The highest BCUT2D eigenvalue weighted by molar-refractivity contribution is 6.05. The van der Waals surface area contributed by atoms with Crippen LogP contribution in [-0.2, 0) is 4.79 Å². The molecule has 0 unspecified atom stereocenters. The van der Waals surface area contributed by atoms with E-state index in [-0.39, 0.29) is 5.91 Å². The van der Waals surface area contributed by atoms with Gasteiger partial charge in [-0.2, -0.15) is 5.26 Å². The Bertz CT molecular complexity index is 954. The van der Waals surface area contributed by atoms with Crippen LogP contribution in [0.1, 0.15) is 12.0 Å². The largest absolute Gasteiger partial charge is 0.345 e. The second-order valence-corrected chi connectivity index (χ2v) is 5.94. The predicted molar refractivity (Wildman–Crippen MR) is 95.8 cm³/mol. The Kier molecular flexibility index (Phi) is 4.73. The fourth-order valence-corrected chi connectivity index (χ4v) is 2.56. The molecular weight excluding hydrogens is 316 g/mol. The fourth-order valence-electron chi connectivity index (χ4n) is 2.56. The molecule has 25 heavy (non-hydrogen) atoms. The Labute approximate surface area is 145 Å². The molecule has 0 bridgehead atoms. The minimum Gasteiger partial charge on any atom is -0.345 e. The zero-order chi connectivity index (χ0) is 17.8. The molecule has 1 amide bonds. The monoisotopic (exact) mass is 334 g/mol. The van der Waals surface area contributed by atoms with Crippen molar-refractivity contribution in [2.24, 2.45) is 0 Å². The van der Waals surface area contributed by atoms with Gasteiger partial charge in [0.25, 0.3) is 0 Å². The van der Waals surface area contributed by atoms with Crippen molar-refractivity contribution in [2.75, 3.05) is 26.0 Å². The van der Waals surface area contributed by atoms with Gasteiger partial charge in [-0.3, -0.25) is 4.79 Å². The molecule has 3 aromatic rings. The van der Waals surface area contributed by atoms with Crippen molar-refractivity contribution in [3.8, 4) is 17.2 Å². The summed E-state index contributed by atoms with van der Waals surface area (Å²) in [6, 6.07) is 9.42. The first-order valence-corrected chi connectivity index (χ1v) is 7.85. The van der Waals surface area contributed by atoms with E-state index in [9.17, 15) is 4.79 Å². The number of carbonyl (C=O) groups is 1. The van der Waals surface area contributed by atoms with Crippen LogP contribution in [0.25, 0.3) is 22.2 Å². The summed E-state index contributed by atoms with van der Waals surface area (Å²) in [5, 5.41) is 12.7. The van der Waals surface area contributed by atoms with Gasteiger partial charge < -0.3 is 15.2 Å². The van der Waals surface area contributed by atoms with E-state index in [4.69, 9.17) is 5.26 Å². The van der Waals surface area contributed by atoms with Crippen molar-refractivity contribution in [2.45, 2.75) is 6.42 Å². The maximum absolute atomic E-state index is 12.2. The molecule has 0 aliphatic heterocycles. The van der Waals surface area contributed by atoms with Gasteiger partial charge in [0.05, 0.1) is 17.0 Å². The number of H-pyrrole nitrogens is 1. The lowest BCUT2D eigenvalue weighted by Gasteiger charge is -2.10. The Hall–Kier alpha value is -3.24. The summed E-state index contributed by atoms with van der Waals surface area (Å²) in [6.07, 6.45) is 3.60. The van der Waals surface area contributed by atoms with Crippen molar-refractivity contribution in [3.63, 3.8) is 0 Å². The molecular formula is C18H18N6O. The standard InChI is InChI=1S/C18H18N6O/c1-24(2)7-6-15(25)23-18-16-14(10-20-17(16)21-11-22-18)13-5-3-4-12(8-13)9-19/h3-5,8,10-11H,6-7H2,1-2H3,(H2,20,21,22,23,25). The fraction of sp³-hybridized carbons (Fsp3) is 0.222. The minimum atomic E-state index is -0.105. The Morgan fingerprint density at radius 3 is 2.96 bits per heavy atom. The van der Waals surface area contributed by atoms with Crippen molar-refractivity contribution in [1.82, 2.24) is 19.9 Å². The number of rotatable bonds is 5. The van der Waals surface area contributed by atoms with Gasteiger partial charge in [0, 0.05) is 24.7 Å². The van der Waals surface area contributed by atoms with Gasteiger partial charge in [-0.05, 0) is 31.8 Å². The molecule has 0 saturated heterocycles. The van der Waals surface area contributed by atoms with Crippen molar-refractivity contribution < 1.29 is 4.79 Å². The van der Waals surface area contributed by atoms with Gasteiger partial charge in [0.1, 0.15) is 17.8 Å². The number of nitrogens with one attached hydrogen (secondary N) is 2. The lowest BCUT2D eigenvalue weighted by atomic mass is 10.0. The van der Waals surface area contributed by atoms with Gasteiger partial charge >= 0.3 is 0 Å². The number of hydrogen-bond acceptors (Lipinski definition) is 5. The molecule has 3 rings (SSSR count). The van der Waals surface area contributed by atoms with Crippen LogP contribution in [0.4, 0.5) is 5.82 Å². The Balaban J connectivity index is 1.99. The molecule has 2 N–H and O–H groups in total. The molecule has 7 heteroatoms. The summed E-state index contributed by atoms with van der Waals surface area (Å²) in [5.74, 6) is 0.360. The first-order valence-electron chi connectivity index (χ1n) is 7.85. The molecule has 0 radical (unpaired) electrons. The first-order chi connectivity index (χ1) is 12.1. The number of amides is 1. The molecule has 2 heterocycles. The third kappa shape index (κ3) is 3.65. The number of aromatic amines is 1. The van der Waals surface area contributed by atoms with Crippen LogP contribution in [-0.4, -0.2) is 46.4 Å². The number of nitriles is 1. The van der Waals surface area contributed by atoms with Crippen LogP contribution in [0, 0.1) is 11.3 Å². The van der Waals surface area contributed by atoms with E-state index in [2.05, 4.69) is 26.3 Å². The second kappa shape index (κ2) is 7.11. The van der Waals surface area contributed by atoms with Gasteiger partial charge in [-0.1, -0.05) is 12.1 Å². The van der Waals surface area contributed by atoms with Crippen LogP contribution in [0.2, 0.25) is 0 Å². The number of aromatic nitrogens is 3. The van der Waals surface area contributed by atoms with Crippen LogP contribution < -0.4 is 5.32 Å². The van der Waals surface area contributed by atoms with E-state index in [0.717, 1.165) is 16.5 Å². The number of carbonyl (C=O) groups excluding carboxylic acids is 1. The van der Waals surface area contributed by atoms with Crippen LogP contribution in [0.3, 0.4) is 0 Å². The van der Waals surface area contributed by atoms with E-state index >= 15 is 0 Å². The number of hydrogen-bond donors (Lipinski definition) is 2. The lowest BCUT2D eigenvalue weighted by Crippen LogP contribution is -2.21. The summed E-state index contributed by atoms with van der Waals surface area (Å²) in [7, 11) is 3.84. The summed E-state index contributed by atoms with van der Waals surface area (Å²) in [4.78, 5) is 25.7. The second-order valence-electron chi connectivity index (χ2n) is 5.94.